The summed E-state index contributed by atoms with van der Waals surface area (Å²) in [6.07, 6.45) is 3.11. The molecule has 134 valence electrons. The van der Waals surface area contributed by atoms with Crippen molar-refractivity contribution in [3.05, 3.63) is 46.2 Å². The topological polar surface area (TPSA) is 68.6 Å². The Bertz CT molecular complexity index is 918. The fourth-order valence-electron chi connectivity index (χ4n) is 2.66. The van der Waals surface area contributed by atoms with Crippen LogP contribution in [0.3, 0.4) is 0 Å². The molecule has 1 aliphatic heterocycles. The van der Waals surface area contributed by atoms with Gasteiger partial charge in [-0.3, -0.25) is 0 Å². The van der Waals surface area contributed by atoms with Gasteiger partial charge in [0.25, 0.3) is 0 Å². The number of hydrogen-bond acceptors (Lipinski definition) is 4. The summed E-state index contributed by atoms with van der Waals surface area (Å²) in [6.45, 7) is 1.00. The number of esters is 1. The number of ether oxygens (including phenoxy) is 1. The van der Waals surface area contributed by atoms with Gasteiger partial charge in [-0.05, 0) is 31.0 Å². The summed E-state index contributed by atoms with van der Waals surface area (Å²) < 4.78 is 33.3. The van der Waals surface area contributed by atoms with Crippen molar-refractivity contribution in [1.29, 1.82) is 0 Å². The zero-order valence-corrected chi connectivity index (χ0v) is 15.7. The molecule has 9 heteroatoms. The monoisotopic (exact) mass is 402 g/mol. The molecule has 2 aromatic rings. The standard InChI is InChI=1S/C16H16Cl2N2O4S/c1-19-10-12(25(22,23)20-6-2-3-7-20)9-15(19)16(21)24-11-4-5-13(17)14(18)8-11/h4-5,8-10H,2-3,6-7H2,1H3. The molecule has 0 unspecified atom stereocenters. The molecule has 0 bridgehead atoms. The van der Waals surface area contributed by atoms with Gasteiger partial charge in [0.05, 0.1) is 10.0 Å². The van der Waals surface area contributed by atoms with Crippen LogP contribution in [0.25, 0.3) is 0 Å². The molecule has 0 amide bonds. The van der Waals surface area contributed by atoms with Crippen LogP contribution < -0.4 is 4.74 Å². The zero-order valence-electron chi connectivity index (χ0n) is 13.4. The van der Waals surface area contributed by atoms with Crippen molar-refractivity contribution in [1.82, 2.24) is 8.87 Å². The Morgan fingerprint density at radius 1 is 1.12 bits per heavy atom. The Kier molecular flexibility index (Phi) is 5.11. The molecule has 0 atom stereocenters. The minimum Gasteiger partial charge on any atom is -0.422 e. The highest BCUT2D eigenvalue weighted by Gasteiger charge is 2.29. The van der Waals surface area contributed by atoms with E-state index in [0.717, 1.165) is 12.8 Å². The first kappa shape index (κ1) is 18.3. The Labute approximate surface area is 155 Å². The van der Waals surface area contributed by atoms with Crippen molar-refractivity contribution in [2.75, 3.05) is 13.1 Å². The zero-order chi connectivity index (χ0) is 18.2. The van der Waals surface area contributed by atoms with E-state index < -0.39 is 16.0 Å². The average Bonchev–Trinajstić information content (AvgIpc) is 3.21. The van der Waals surface area contributed by atoms with Crippen LogP contribution in [0.4, 0.5) is 0 Å². The van der Waals surface area contributed by atoms with E-state index in [0.29, 0.717) is 18.1 Å². The van der Waals surface area contributed by atoms with E-state index in [4.69, 9.17) is 27.9 Å². The maximum absolute atomic E-state index is 12.6. The molecule has 25 heavy (non-hydrogen) atoms. The molecule has 1 aliphatic rings. The number of sulfonamides is 1. The third-order valence-electron chi connectivity index (χ3n) is 3.99. The minimum atomic E-state index is -3.59. The lowest BCUT2D eigenvalue weighted by molar-refractivity contribution is 0.0725. The predicted molar refractivity (Wildman–Crippen MR) is 94.8 cm³/mol. The molecule has 2 heterocycles. The molecular formula is C16H16Cl2N2O4S. The average molecular weight is 403 g/mol. The molecule has 0 aliphatic carbocycles. The number of carbonyl (C=O) groups is 1. The maximum Gasteiger partial charge on any atom is 0.360 e. The van der Waals surface area contributed by atoms with Crippen LogP contribution in [0, 0.1) is 0 Å². The molecule has 6 nitrogen and oxygen atoms in total. The van der Waals surface area contributed by atoms with Crippen molar-refractivity contribution in [2.24, 2.45) is 7.05 Å². The van der Waals surface area contributed by atoms with Gasteiger partial charge < -0.3 is 9.30 Å². The van der Waals surface area contributed by atoms with Crippen molar-refractivity contribution in [3.8, 4) is 5.75 Å². The van der Waals surface area contributed by atoms with Crippen molar-refractivity contribution >= 4 is 39.2 Å². The molecular weight excluding hydrogens is 387 g/mol. The first-order valence-electron chi connectivity index (χ1n) is 7.63. The molecule has 1 saturated heterocycles. The number of nitrogens with zero attached hydrogens (tertiary/aromatic N) is 2. The second-order valence-corrected chi connectivity index (χ2v) is 8.50. The Hall–Kier alpha value is -1.54. The van der Waals surface area contributed by atoms with Gasteiger partial charge in [-0.15, -0.1) is 0 Å². The van der Waals surface area contributed by atoms with E-state index in [2.05, 4.69) is 0 Å². The van der Waals surface area contributed by atoms with E-state index >= 15 is 0 Å². The van der Waals surface area contributed by atoms with Crippen molar-refractivity contribution in [3.63, 3.8) is 0 Å². The number of halogens is 2. The smallest absolute Gasteiger partial charge is 0.360 e. The highest BCUT2D eigenvalue weighted by molar-refractivity contribution is 7.89. The van der Waals surface area contributed by atoms with Crippen molar-refractivity contribution in [2.45, 2.75) is 17.7 Å². The van der Waals surface area contributed by atoms with E-state index in [1.54, 1.807) is 7.05 Å². The Morgan fingerprint density at radius 3 is 2.44 bits per heavy atom. The van der Waals surface area contributed by atoms with Gasteiger partial charge in [0.2, 0.25) is 10.0 Å². The van der Waals surface area contributed by atoms with E-state index in [9.17, 15) is 13.2 Å². The van der Waals surface area contributed by atoms with Crippen LogP contribution in [0.5, 0.6) is 5.75 Å². The number of carbonyl (C=O) groups excluding carboxylic acids is 1. The summed E-state index contributed by atoms with van der Waals surface area (Å²) in [5.74, 6) is -0.451. The molecule has 0 radical (unpaired) electrons. The van der Waals surface area contributed by atoms with Gasteiger partial charge in [-0.25, -0.2) is 13.2 Å². The summed E-state index contributed by atoms with van der Waals surface area (Å²) >= 11 is 11.7. The third-order valence-corrected chi connectivity index (χ3v) is 6.60. The number of aryl methyl sites for hydroxylation is 1. The molecule has 0 N–H and O–H groups in total. The molecule has 1 aromatic heterocycles. The third kappa shape index (κ3) is 3.69. The Morgan fingerprint density at radius 2 is 1.80 bits per heavy atom. The van der Waals surface area contributed by atoms with Gasteiger partial charge in [-0.1, -0.05) is 23.2 Å². The second kappa shape index (κ2) is 6.99. The van der Waals surface area contributed by atoms with Crippen LogP contribution in [-0.2, 0) is 17.1 Å². The number of benzene rings is 1. The number of rotatable bonds is 4. The van der Waals surface area contributed by atoms with Crippen molar-refractivity contribution < 1.29 is 17.9 Å². The maximum atomic E-state index is 12.6. The molecule has 0 spiro atoms. The van der Waals surface area contributed by atoms with Gasteiger partial charge in [-0.2, -0.15) is 4.31 Å². The van der Waals surface area contributed by atoms with Crippen LogP contribution in [0.1, 0.15) is 23.3 Å². The molecule has 1 aromatic carbocycles. The van der Waals surface area contributed by atoms with Gasteiger partial charge in [0, 0.05) is 32.4 Å². The SMILES string of the molecule is Cn1cc(S(=O)(=O)N2CCCC2)cc1C(=O)Oc1ccc(Cl)c(Cl)c1. The van der Waals surface area contributed by atoms with Gasteiger partial charge >= 0.3 is 5.97 Å². The van der Waals surface area contributed by atoms with E-state index in [1.807, 2.05) is 0 Å². The lowest BCUT2D eigenvalue weighted by atomic mass is 10.3. The first-order chi connectivity index (χ1) is 11.8. The first-order valence-corrected chi connectivity index (χ1v) is 9.82. The quantitative estimate of drug-likeness (QED) is 0.580. The fourth-order valence-corrected chi connectivity index (χ4v) is 4.53. The molecule has 3 rings (SSSR count). The Balaban J connectivity index is 1.84. The second-order valence-electron chi connectivity index (χ2n) is 5.75. The summed E-state index contributed by atoms with van der Waals surface area (Å²) in [6, 6.07) is 5.78. The highest BCUT2D eigenvalue weighted by atomic mass is 35.5. The fraction of sp³-hybridized carbons (Fsp3) is 0.312. The lowest BCUT2D eigenvalue weighted by Crippen LogP contribution is -2.27. The number of aromatic nitrogens is 1. The number of hydrogen-bond donors (Lipinski definition) is 0. The minimum absolute atomic E-state index is 0.0815. The van der Waals surface area contributed by atoms with Crippen LogP contribution in [-0.4, -0.2) is 36.3 Å². The van der Waals surface area contributed by atoms with Crippen LogP contribution >= 0.6 is 23.2 Å². The summed E-state index contributed by atoms with van der Waals surface area (Å²) in [4.78, 5) is 12.4. The normalized spacial score (nSPS) is 15.5. The van der Waals surface area contributed by atoms with E-state index in [1.165, 1.54) is 39.3 Å². The highest BCUT2D eigenvalue weighted by Crippen LogP contribution is 2.27. The molecule has 0 saturated carbocycles. The lowest BCUT2D eigenvalue weighted by Gasteiger charge is -2.13. The summed E-state index contributed by atoms with van der Waals surface area (Å²) in [7, 11) is -2.00. The van der Waals surface area contributed by atoms with Crippen LogP contribution in [0.2, 0.25) is 10.0 Å². The summed E-state index contributed by atoms with van der Waals surface area (Å²) in [5.41, 5.74) is 0.129. The van der Waals surface area contributed by atoms with Crippen LogP contribution in [0.15, 0.2) is 35.4 Å². The van der Waals surface area contributed by atoms with Gasteiger partial charge in [0.1, 0.15) is 16.3 Å². The van der Waals surface area contributed by atoms with Gasteiger partial charge in [0.15, 0.2) is 0 Å². The molecule has 1 fully saturated rings. The largest absolute Gasteiger partial charge is 0.422 e. The predicted octanol–water partition coefficient (Wildman–Crippen LogP) is 3.34. The van der Waals surface area contributed by atoms with E-state index in [-0.39, 0.29) is 21.4 Å². The summed E-state index contributed by atoms with van der Waals surface area (Å²) in [5, 5.41) is 0.607.